The molecule has 0 heterocycles. The summed E-state index contributed by atoms with van der Waals surface area (Å²) in [5.74, 6) is 0. The molecule has 0 unspecified atom stereocenters. The number of hydrogen-bond acceptors (Lipinski definition) is 0. The van der Waals surface area contributed by atoms with E-state index in [1.165, 1.54) is 60.8 Å². The van der Waals surface area contributed by atoms with Gasteiger partial charge < -0.3 is 24.8 Å². The van der Waals surface area contributed by atoms with Gasteiger partial charge in [0, 0.05) is 0 Å². The monoisotopic (exact) mass is 542 g/mol. The van der Waals surface area contributed by atoms with Crippen molar-refractivity contribution in [3.63, 3.8) is 0 Å². The molecule has 0 aromatic heterocycles. The second-order valence-corrected chi connectivity index (χ2v) is 16.7. The zero-order valence-electron chi connectivity index (χ0n) is 22.3. The van der Waals surface area contributed by atoms with Gasteiger partial charge in [0.25, 0.3) is 0 Å². The van der Waals surface area contributed by atoms with Crippen LogP contribution in [0.15, 0.2) is 58.5 Å². The molecule has 0 N–H and O–H groups in total. The van der Waals surface area contributed by atoms with Gasteiger partial charge in [-0.2, -0.15) is 0 Å². The van der Waals surface area contributed by atoms with Crippen molar-refractivity contribution < 1.29 is 42.2 Å². The average Bonchev–Trinajstić information content (AvgIpc) is 3.40. The van der Waals surface area contributed by atoms with Crippen LogP contribution in [0.5, 0.6) is 0 Å². The van der Waals surface area contributed by atoms with Gasteiger partial charge in [0.15, 0.2) is 0 Å². The Morgan fingerprint density at radius 2 is 1.23 bits per heavy atom. The first-order chi connectivity index (χ1) is 15.6. The van der Waals surface area contributed by atoms with E-state index in [-0.39, 0.29) is 35.6 Å². The molecule has 1 saturated carbocycles. The Morgan fingerprint density at radius 3 is 1.66 bits per heavy atom. The van der Waals surface area contributed by atoms with Gasteiger partial charge in [-0.05, 0) is 0 Å². The van der Waals surface area contributed by atoms with E-state index in [1.807, 2.05) is 3.81 Å². The third-order valence-electron chi connectivity index (χ3n) is 7.99. The molecule has 3 heteroatoms. The Balaban J connectivity index is 0.00000171. The van der Waals surface area contributed by atoms with Crippen LogP contribution in [0.1, 0.15) is 107 Å². The molecule has 0 saturated heterocycles. The largest absolute Gasteiger partial charge is 1.00 e. The molecule has 35 heavy (non-hydrogen) atoms. The van der Waals surface area contributed by atoms with Crippen molar-refractivity contribution in [2.75, 3.05) is 0 Å². The van der Waals surface area contributed by atoms with Gasteiger partial charge in [0.05, 0.1) is 0 Å². The Morgan fingerprint density at radius 1 is 0.714 bits per heavy atom. The first-order valence-corrected chi connectivity index (χ1v) is 15.5. The minimum absolute atomic E-state index is 0. The summed E-state index contributed by atoms with van der Waals surface area (Å²) in [5, 5.41) is 0. The normalized spacial score (nSPS) is 17.1. The predicted octanol–water partition coefficient (Wildman–Crippen LogP) is 2.96. The van der Waals surface area contributed by atoms with Crippen LogP contribution < -0.4 is 24.8 Å². The van der Waals surface area contributed by atoms with Crippen molar-refractivity contribution in [2.45, 2.75) is 95.1 Å². The quantitative estimate of drug-likeness (QED) is 0.512. The van der Waals surface area contributed by atoms with Crippen LogP contribution >= 0.6 is 0 Å². The zero-order chi connectivity index (χ0) is 23.4. The molecule has 0 bridgehead atoms. The van der Waals surface area contributed by atoms with Gasteiger partial charge in [-0.3, -0.25) is 0 Å². The first-order valence-electron chi connectivity index (χ1n) is 13.0. The van der Waals surface area contributed by atoms with Crippen LogP contribution in [0, 0.1) is 0 Å². The molecule has 2 aromatic rings. The summed E-state index contributed by atoms with van der Waals surface area (Å²) >= 11 is -1.66. The predicted molar refractivity (Wildman–Crippen MR) is 141 cm³/mol. The summed E-state index contributed by atoms with van der Waals surface area (Å²) in [6.07, 6.45) is 15.4. The molecule has 0 spiro atoms. The number of benzene rings is 2. The van der Waals surface area contributed by atoms with Crippen molar-refractivity contribution in [3.05, 3.63) is 80.8 Å². The Kier molecular flexibility index (Phi) is 8.86. The fraction of sp³-hybridized carbons (Fsp3) is 0.469. The van der Waals surface area contributed by atoms with Gasteiger partial charge in [-0.25, -0.2) is 0 Å². The molecule has 0 amide bonds. The van der Waals surface area contributed by atoms with Crippen LogP contribution in [0.4, 0.5) is 0 Å². The van der Waals surface area contributed by atoms with Crippen molar-refractivity contribution in [1.82, 2.24) is 0 Å². The first kappa shape index (κ1) is 28.7. The maximum Gasteiger partial charge on any atom is -1.00 e. The molecule has 3 aliphatic rings. The second kappa shape index (κ2) is 10.8. The van der Waals surface area contributed by atoms with Gasteiger partial charge in [-0.1, -0.05) is 0 Å². The maximum absolute atomic E-state index is 2.55. The molecular formula is C32H40Cl2Ti. The summed E-state index contributed by atoms with van der Waals surface area (Å²) in [4.78, 5) is 0. The summed E-state index contributed by atoms with van der Waals surface area (Å²) in [7, 11) is 0. The summed E-state index contributed by atoms with van der Waals surface area (Å²) in [5.41, 5.74) is 9.58. The average molecular weight is 543 g/mol. The zero-order valence-corrected chi connectivity index (χ0v) is 25.3. The van der Waals surface area contributed by atoms with Crippen molar-refractivity contribution in [2.24, 2.45) is 0 Å². The van der Waals surface area contributed by atoms with E-state index < -0.39 is 17.4 Å². The number of fused-ring (bicyclic) bond motifs is 3. The molecule has 5 rings (SSSR count). The second-order valence-electron chi connectivity index (χ2n) is 12.4. The molecule has 0 atom stereocenters. The third-order valence-corrected chi connectivity index (χ3v) is 13.5. The van der Waals surface area contributed by atoms with Crippen LogP contribution in [0.3, 0.4) is 0 Å². The molecule has 0 radical (unpaired) electrons. The smallest absolute Gasteiger partial charge is 1.00 e. The Labute approximate surface area is 231 Å². The van der Waals surface area contributed by atoms with E-state index >= 15 is 0 Å². The minimum Gasteiger partial charge on any atom is -1.00 e. The van der Waals surface area contributed by atoms with Gasteiger partial charge in [0.1, 0.15) is 0 Å². The van der Waals surface area contributed by atoms with Crippen LogP contribution in [0.2, 0.25) is 0 Å². The van der Waals surface area contributed by atoms with Crippen LogP contribution in [-0.2, 0) is 28.2 Å². The van der Waals surface area contributed by atoms with Gasteiger partial charge >= 0.3 is 208 Å². The number of rotatable bonds is 2. The number of hydrogen-bond donors (Lipinski definition) is 0. The van der Waals surface area contributed by atoms with Gasteiger partial charge in [0.2, 0.25) is 0 Å². The summed E-state index contributed by atoms with van der Waals surface area (Å²) < 4.78 is 4.40. The van der Waals surface area contributed by atoms with Crippen molar-refractivity contribution in [1.29, 1.82) is 0 Å². The summed E-state index contributed by atoms with van der Waals surface area (Å²) in [6, 6.07) is 15.0. The van der Waals surface area contributed by atoms with E-state index in [4.69, 9.17) is 0 Å². The van der Waals surface area contributed by atoms with E-state index in [0.717, 1.165) is 0 Å². The van der Waals surface area contributed by atoms with E-state index in [0.29, 0.717) is 4.22 Å². The SMILES string of the molecule is CC(C)(C)c1ccc2c(c1)-c1cc(C(C)(C)C)ccc1[CH]2[Ti+2]([C]1=CC=CC1)=[C]1CCCCC1.[Cl-].[Cl-]. The van der Waals surface area contributed by atoms with E-state index in [2.05, 4.69) is 96.2 Å². The Bertz CT molecular complexity index is 1110. The molecular weight excluding hydrogens is 503 g/mol. The maximum atomic E-state index is 2.55. The fourth-order valence-electron chi connectivity index (χ4n) is 6.01. The molecule has 3 aliphatic carbocycles. The third kappa shape index (κ3) is 5.52. The van der Waals surface area contributed by atoms with Crippen molar-refractivity contribution in [3.8, 4) is 11.1 Å². The standard InChI is InChI=1S/C21H25.C6H10.C5H5.2ClH.Ti/c1-20(2,3)16-9-7-14-11-15-8-10-17(21(4,5)6)13-19(15)18(14)12-16;1-2-4-6-5-3-1;1-2-4-5-3-1;;;/h7-13H,1-6H3;1-5H2;1-3H,4H2;2*1H;/q;;;;;+2/p-2. The summed E-state index contributed by atoms with van der Waals surface area (Å²) in [6.45, 7) is 14.1. The number of allylic oxidation sites excluding steroid dienone is 4. The topological polar surface area (TPSA) is 0 Å². The molecule has 2 aromatic carbocycles. The van der Waals surface area contributed by atoms with Crippen LogP contribution in [0.25, 0.3) is 11.1 Å². The molecule has 186 valence electrons. The van der Waals surface area contributed by atoms with E-state index in [1.54, 1.807) is 15.0 Å². The number of halogens is 2. The Hall–Kier alpha value is -0.916. The van der Waals surface area contributed by atoms with E-state index in [9.17, 15) is 0 Å². The molecule has 0 nitrogen and oxygen atoms in total. The van der Waals surface area contributed by atoms with Crippen molar-refractivity contribution >= 4 is 3.81 Å². The molecule has 0 aliphatic heterocycles. The molecule has 1 fully saturated rings. The fourth-order valence-corrected chi connectivity index (χ4v) is 12.0. The minimum atomic E-state index is -1.66. The van der Waals surface area contributed by atoms with Gasteiger partial charge in [-0.15, -0.1) is 0 Å². The van der Waals surface area contributed by atoms with Crippen LogP contribution in [-0.4, -0.2) is 3.81 Å².